The second-order valence-corrected chi connectivity index (χ2v) is 4.85. The van der Waals surface area contributed by atoms with Gasteiger partial charge in [0.2, 0.25) is 0 Å². The van der Waals surface area contributed by atoms with Gasteiger partial charge in [-0.25, -0.2) is 4.39 Å². The molecule has 3 heteroatoms. The van der Waals surface area contributed by atoms with Gasteiger partial charge in [-0.1, -0.05) is 35.9 Å². The minimum absolute atomic E-state index is 0.0989. The van der Waals surface area contributed by atoms with Crippen LogP contribution in [0, 0.1) is 5.82 Å². The summed E-state index contributed by atoms with van der Waals surface area (Å²) in [6.07, 6.45) is 0.710. The molecule has 0 fully saturated rings. The zero-order valence-electron chi connectivity index (χ0n) is 9.49. The molecular formula is C15H10ClFO. The second kappa shape index (κ2) is 4.21. The molecule has 1 aliphatic carbocycles. The molecule has 0 aliphatic heterocycles. The monoisotopic (exact) mass is 260 g/mol. The fourth-order valence-electron chi connectivity index (χ4n) is 2.37. The van der Waals surface area contributed by atoms with E-state index in [-0.39, 0.29) is 17.3 Å². The molecule has 18 heavy (non-hydrogen) atoms. The SMILES string of the molecule is O=C(c1cc(F)ccc1Cl)C1Cc2ccccc21. The minimum atomic E-state index is -0.435. The molecule has 1 unspecified atom stereocenters. The molecule has 0 saturated carbocycles. The molecule has 0 heterocycles. The summed E-state index contributed by atoms with van der Waals surface area (Å²) in [6, 6.07) is 11.7. The Balaban J connectivity index is 1.96. The lowest BCUT2D eigenvalue weighted by molar-refractivity contribution is 0.0948. The Morgan fingerprint density at radius 3 is 2.78 bits per heavy atom. The molecule has 0 radical (unpaired) electrons. The predicted octanol–water partition coefficient (Wildman–Crippen LogP) is 4.00. The summed E-state index contributed by atoms with van der Waals surface area (Å²) < 4.78 is 13.2. The summed E-state index contributed by atoms with van der Waals surface area (Å²) in [5.41, 5.74) is 2.49. The lowest BCUT2D eigenvalue weighted by atomic mass is 9.74. The Morgan fingerprint density at radius 2 is 2.00 bits per heavy atom. The van der Waals surface area contributed by atoms with Crippen LogP contribution in [0.5, 0.6) is 0 Å². The zero-order chi connectivity index (χ0) is 12.7. The lowest BCUT2D eigenvalue weighted by Gasteiger charge is -2.29. The molecule has 0 saturated heterocycles. The molecule has 1 aliphatic rings. The first-order valence-electron chi connectivity index (χ1n) is 5.74. The van der Waals surface area contributed by atoms with Crippen LogP contribution in [0.3, 0.4) is 0 Å². The molecule has 1 nitrogen and oxygen atoms in total. The van der Waals surface area contributed by atoms with E-state index in [1.165, 1.54) is 23.8 Å². The number of hydrogen-bond acceptors (Lipinski definition) is 1. The maximum Gasteiger partial charge on any atom is 0.172 e. The van der Waals surface area contributed by atoms with Crippen LogP contribution in [-0.4, -0.2) is 5.78 Å². The number of carbonyl (C=O) groups excluding carboxylic acids is 1. The third-order valence-electron chi connectivity index (χ3n) is 3.36. The molecular weight excluding hydrogens is 251 g/mol. The van der Waals surface area contributed by atoms with Crippen molar-refractivity contribution in [1.29, 1.82) is 0 Å². The van der Waals surface area contributed by atoms with Crippen LogP contribution in [0.15, 0.2) is 42.5 Å². The smallest absolute Gasteiger partial charge is 0.172 e. The van der Waals surface area contributed by atoms with Gasteiger partial charge < -0.3 is 0 Å². The molecule has 0 aromatic heterocycles. The van der Waals surface area contributed by atoms with E-state index in [2.05, 4.69) is 0 Å². The van der Waals surface area contributed by atoms with Crippen molar-refractivity contribution in [1.82, 2.24) is 0 Å². The molecule has 3 rings (SSSR count). The quantitative estimate of drug-likeness (QED) is 0.746. The van der Waals surface area contributed by atoms with Crippen molar-refractivity contribution in [3.63, 3.8) is 0 Å². The first-order chi connectivity index (χ1) is 8.66. The average molecular weight is 261 g/mol. The van der Waals surface area contributed by atoms with Crippen LogP contribution in [0.4, 0.5) is 4.39 Å². The van der Waals surface area contributed by atoms with E-state index in [1.54, 1.807) is 0 Å². The number of Topliss-reactive ketones (excluding diaryl/α,β-unsaturated/α-hetero) is 1. The third-order valence-corrected chi connectivity index (χ3v) is 3.69. The van der Waals surface area contributed by atoms with E-state index in [1.807, 2.05) is 24.3 Å². The number of hydrogen-bond donors (Lipinski definition) is 0. The number of halogens is 2. The van der Waals surface area contributed by atoms with Gasteiger partial charge in [-0.05, 0) is 35.7 Å². The largest absolute Gasteiger partial charge is 0.293 e. The van der Waals surface area contributed by atoms with Crippen molar-refractivity contribution in [2.45, 2.75) is 12.3 Å². The van der Waals surface area contributed by atoms with E-state index in [0.29, 0.717) is 11.4 Å². The summed E-state index contributed by atoms with van der Waals surface area (Å²) in [4.78, 5) is 12.3. The van der Waals surface area contributed by atoms with Gasteiger partial charge in [0.25, 0.3) is 0 Å². The minimum Gasteiger partial charge on any atom is -0.293 e. The molecule has 2 aromatic carbocycles. The Hall–Kier alpha value is -1.67. The van der Waals surface area contributed by atoms with Gasteiger partial charge in [-0.15, -0.1) is 0 Å². The summed E-state index contributed by atoms with van der Waals surface area (Å²) in [5.74, 6) is -0.714. The fourth-order valence-corrected chi connectivity index (χ4v) is 2.58. The van der Waals surface area contributed by atoms with Gasteiger partial charge in [0, 0.05) is 5.56 Å². The first-order valence-corrected chi connectivity index (χ1v) is 6.11. The number of rotatable bonds is 2. The van der Waals surface area contributed by atoms with Crippen molar-refractivity contribution >= 4 is 17.4 Å². The van der Waals surface area contributed by atoms with E-state index in [4.69, 9.17) is 11.6 Å². The molecule has 2 aromatic rings. The van der Waals surface area contributed by atoms with Crippen LogP contribution in [-0.2, 0) is 6.42 Å². The van der Waals surface area contributed by atoms with Crippen LogP contribution < -0.4 is 0 Å². The van der Waals surface area contributed by atoms with Crippen LogP contribution >= 0.6 is 11.6 Å². The molecule has 0 spiro atoms. The molecule has 90 valence electrons. The fraction of sp³-hybridized carbons (Fsp3) is 0.133. The Bertz CT molecular complexity index is 636. The lowest BCUT2D eigenvalue weighted by Crippen LogP contribution is -2.25. The van der Waals surface area contributed by atoms with Crippen molar-refractivity contribution in [3.05, 3.63) is 70.0 Å². The van der Waals surface area contributed by atoms with Gasteiger partial charge in [-0.2, -0.15) is 0 Å². The predicted molar refractivity (Wildman–Crippen MR) is 68.6 cm³/mol. The summed E-state index contributed by atoms with van der Waals surface area (Å²) in [5, 5.41) is 0.311. The van der Waals surface area contributed by atoms with E-state index in [0.717, 1.165) is 5.56 Å². The zero-order valence-corrected chi connectivity index (χ0v) is 10.2. The second-order valence-electron chi connectivity index (χ2n) is 4.44. The third kappa shape index (κ3) is 1.73. The van der Waals surface area contributed by atoms with Gasteiger partial charge in [-0.3, -0.25) is 4.79 Å². The highest BCUT2D eigenvalue weighted by Crippen LogP contribution is 2.38. The molecule has 0 amide bonds. The molecule has 1 atom stereocenters. The van der Waals surface area contributed by atoms with Gasteiger partial charge >= 0.3 is 0 Å². The van der Waals surface area contributed by atoms with Crippen molar-refractivity contribution in [3.8, 4) is 0 Å². The van der Waals surface area contributed by atoms with Gasteiger partial charge in [0.05, 0.1) is 10.9 Å². The normalized spacial score (nSPS) is 16.9. The van der Waals surface area contributed by atoms with E-state index in [9.17, 15) is 9.18 Å². The molecule has 0 N–H and O–H groups in total. The van der Waals surface area contributed by atoms with Crippen molar-refractivity contribution < 1.29 is 9.18 Å². The molecule has 0 bridgehead atoms. The van der Waals surface area contributed by atoms with E-state index >= 15 is 0 Å². The van der Waals surface area contributed by atoms with Crippen LogP contribution in [0.25, 0.3) is 0 Å². The van der Waals surface area contributed by atoms with Crippen LogP contribution in [0.1, 0.15) is 27.4 Å². The van der Waals surface area contributed by atoms with Gasteiger partial charge in [0.15, 0.2) is 5.78 Å². The topological polar surface area (TPSA) is 17.1 Å². The van der Waals surface area contributed by atoms with Crippen molar-refractivity contribution in [2.75, 3.05) is 0 Å². The first kappa shape index (κ1) is 11.4. The maximum atomic E-state index is 13.2. The summed E-state index contributed by atoms with van der Waals surface area (Å²) in [7, 11) is 0. The maximum absolute atomic E-state index is 13.2. The average Bonchev–Trinajstić information content (AvgIpc) is 2.33. The summed E-state index contributed by atoms with van der Waals surface area (Å²) in [6.45, 7) is 0. The number of fused-ring (bicyclic) bond motifs is 1. The highest BCUT2D eigenvalue weighted by Gasteiger charge is 2.33. The number of ketones is 1. The Labute approximate surface area is 109 Å². The Morgan fingerprint density at radius 1 is 1.22 bits per heavy atom. The summed E-state index contributed by atoms with van der Waals surface area (Å²) >= 11 is 5.96. The number of carbonyl (C=O) groups is 1. The highest BCUT2D eigenvalue weighted by molar-refractivity contribution is 6.34. The highest BCUT2D eigenvalue weighted by atomic mass is 35.5. The van der Waals surface area contributed by atoms with Crippen LogP contribution in [0.2, 0.25) is 5.02 Å². The standard InChI is InChI=1S/C15H10ClFO/c16-14-6-5-10(17)8-13(14)15(18)12-7-9-3-1-2-4-11(9)12/h1-6,8,12H,7H2. The number of benzene rings is 2. The Kier molecular flexibility index (Phi) is 2.67. The van der Waals surface area contributed by atoms with Crippen molar-refractivity contribution in [2.24, 2.45) is 0 Å². The van der Waals surface area contributed by atoms with Gasteiger partial charge in [0.1, 0.15) is 5.82 Å². The van der Waals surface area contributed by atoms with E-state index < -0.39 is 5.82 Å².